The van der Waals surface area contributed by atoms with Gasteiger partial charge in [-0.1, -0.05) is 24.6 Å². The Hall–Kier alpha value is -3.58. The molecule has 2 aliphatic rings. The van der Waals surface area contributed by atoms with Gasteiger partial charge in [-0.2, -0.15) is 26.3 Å². The molecule has 2 saturated heterocycles. The van der Waals surface area contributed by atoms with E-state index in [2.05, 4.69) is 15.2 Å². The number of hydrogen-bond donors (Lipinski definition) is 2. The SMILES string of the molecule is CN(Cc1cc(C(F)(F)F)cc(C(F)(F)F)c1)C(=O)C(Cc1c[nH]c2ccccc12)NC(=O)CN1CCC(N2CCCCC2)CC1. The molecule has 3 heterocycles. The number of likely N-dealkylation sites (tertiary alicyclic amines) is 2. The van der Waals surface area contributed by atoms with Gasteiger partial charge in [0.25, 0.3) is 0 Å². The van der Waals surface area contributed by atoms with Crippen molar-refractivity contribution >= 4 is 22.7 Å². The molecule has 5 rings (SSSR count). The van der Waals surface area contributed by atoms with E-state index in [9.17, 15) is 35.9 Å². The van der Waals surface area contributed by atoms with Gasteiger partial charge in [0.1, 0.15) is 6.04 Å². The molecule has 2 N–H and O–H groups in total. The molecule has 3 aromatic rings. The number of carbonyl (C=O) groups excluding carboxylic acids is 2. The average molecular weight is 652 g/mol. The van der Waals surface area contributed by atoms with Crippen molar-refractivity contribution in [1.82, 2.24) is 25.0 Å². The van der Waals surface area contributed by atoms with Gasteiger partial charge in [0.05, 0.1) is 17.7 Å². The van der Waals surface area contributed by atoms with Crippen LogP contribution in [0.2, 0.25) is 0 Å². The summed E-state index contributed by atoms with van der Waals surface area (Å²) in [4.78, 5) is 35.8. The molecule has 13 heteroatoms. The van der Waals surface area contributed by atoms with E-state index in [1.807, 2.05) is 29.2 Å². The Morgan fingerprint density at radius 1 is 0.935 bits per heavy atom. The predicted octanol–water partition coefficient (Wildman–Crippen LogP) is 5.84. The van der Waals surface area contributed by atoms with E-state index >= 15 is 0 Å². The standard InChI is InChI=1S/C33H39F6N5O2/c1-42(20-22-15-24(32(34,35)36)18-25(16-22)33(37,38)39)31(46)29(17-23-19-40-28-8-4-3-7-27(23)28)41-30(45)21-43-13-9-26(10-14-43)44-11-5-2-6-12-44/h3-4,7-8,15-16,18-19,26,29,40H,2,5-6,9-14,17,20-21H2,1H3,(H,41,45). The van der Waals surface area contributed by atoms with Gasteiger partial charge in [0.15, 0.2) is 0 Å². The number of amides is 2. The number of piperidine rings is 2. The number of nitrogens with one attached hydrogen (secondary N) is 2. The molecule has 2 aromatic carbocycles. The summed E-state index contributed by atoms with van der Waals surface area (Å²) >= 11 is 0. The summed E-state index contributed by atoms with van der Waals surface area (Å²) in [5.41, 5.74) is -1.67. The van der Waals surface area contributed by atoms with Crippen molar-refractivity contribution in [2.45, 2.75) is 69.5 Å². The minimum Gasteiger partial charge on any atom is -0.361 e. The zero-order valence-corrected chi connectivity index (χ0v) is 25.7. The van der Waals surface area contributed by atoms with E-state index in [0.717, 1.165) is 60.4 Å². The number of para-hydroxylation sites is 1. The Morgan fingerprint density at radius 2 is 1.57 bits per heavy atom. The van der Waals surface area contributed by atoms with Crippen LogP contribution in [0, 0.1) is 0 Å². The lowest BCUT2D eigenvalue weighted by Crippen LogP contribution is -2.52. The number of halogens is 6. The van der Waals surface area contributed by atoms with Crippen molar-refractivity contribution in [2.24, 2.45) is 0 Å². The number of benzene rings is 2. The van der Waals surface area contributed by atoms with Gasteiger partial charge in [-0.3, -0.25) is 14.5 Å². The Kier molecular flexibility index (Phi) is 10.3. The third-order valence-corrected chi connectivity index (χ3v) is 9.01. The molecule has 2 aliphatic heterocycles. The molecular weight excluding hydrogens is 612 g/mol. The summed E-state index contributed by atoms with van der Waals surface area (Å²) in [5.74, 6) is -1.00. The van der Waals surface area contributed by atoms with E-state index in [-0.39, 0.29) is 30.5 Å². The normalized spacial score (nSPS) is 18.1. The first-order chi connectivity index (χ1) is 21.8. The zero-order valence-electron chi connectivity index (χ0n) is 25.7. The Morgan fingerprint density at radius 3 is 2.20 bits per heavy atom. The van der Waals surface area contributed by atoms with Gasteiger partial charge >= 0.3 is 12.4 Å². The monoisotopic (exact) mass is 651 g/mol. The average Bonchev–Trinajstić information content (AvgIpc) is 3.43. The molecule has 0 spiro atoms. The molecule has 7 nitrogen and oxygen atoms in total. The van der Waals surface area contributed by atoms with Crippen LogP contribution >= 0.6 is 0 Å². The fraction of sp³-hybridized carbons (Fsp3) is 0.515. The van der Waals surface area contributed by atoms with Crippen LogP contribution < -0.4 is 5.32 Å². The highest BCUT2D eigenvalue weighted by molar-refractivity contribution is 5.90. The Bertz CT molecular complexity index is 1470. The van der Waals surface area contributed by atoms with Crippen LogP contribution in [0.3, 0.4) is 0 Å². The molecule has 46 heavy (non-hydrogen) atoms. The zero-order chi connectivity index (χ0) is 33.1. The first kappa shape index (κ1) is 33.8. The molecule has 250 valence electrons. The summed E-state index contributed by atoms with van der Waals surface area (Å²) in [6.45, 7) is 3.26. The topological polar surface area (TPSA) is 71.7 Å². The van der Waals surface area contributed by atoms with Gasteiger partial charge in [0, 0.05) is 56.2 Å². The molecule has 1 unspecified atom stereocenters. The quantitative estimate of drug-likeness (QED) is 0.286. The third kappa shape index (κ3) is 8.41. The van der Waals surface area contributed by atoms with E-state index in [4.69, 9.17) is 0 Å². The number of carbonyl (C=O) groups is 2. The number of rotatable bonds is 9. The molecule has 1 atom stereocenters. The third-order valence-electron chi connectivity index (χ3n) is 9.01. The van der Waals surface area contributed by atoms with Crippen LogP contribution in [0.25, 0.3) is 10.9 Å². The lowest BCUT2D eigenvalue weighted by molar-refractivity contribution is -0.143. The van der Waals surface area contributed by atoms with E-state index in [0.29, 0.717) is 18.2 Å². The predicted molar refractivity (Wildman–Crippen MR) is 162 cm³/mol. The number of aromatic amines is 1. The van der Waals surface area contributed by atoms with Crippen molar-refractivity contribution in [2.75, 3.05) is 39.8 Å². The Balaban J connectivity index is 1.30. The lowest BCUT2D eigenvalue weighted by atomic mass is 10.00. The molecule has 1 aromatic heterocycles. The number of likely N-dealkylation sites (N-methyl/N-ethyl adjacent to an activating group) is 1. The van der Waals surface area contributed by atoms with Crippen LogP contribution in [-0.2, 0) is 34.9 Å². The summed E-state index contributed by atoms with van der Waals surface area (Å²) < 4.78 is 80.7. The smallest absolute Gasteiger partial charge is 0.361 e. The summed E-state index contributed by atoms with van der Waals surface area (Å²) in [6, 6.07) is 8.08. The second kappa shape index (κ2) is 14.0. The number of alkyl halides is 6. The van der Waals surface area contributed by atoms with Gasteiger partial charge < -0.3 is 20.1 Å². The van der Waals surface area contributed by atoms with Crippen LogP contribution in [0.15, 0.2) is 48.7 Å². The molecule has 0 radical (unpaired) electrons. The fourth-order valence-electron chi connectivity index (χ4n) is 6.62. The van der Waals surface area contributed by atoms with Crippen molar-refractivity contribution < 1.29 is 35.9 Å². The van der Waals surface area contributed by atoms with Gasteiger partial charge in [-0.25, -0.2) is 0 Å². The van der Waals surface area contributed by atoms with Crippen molar-refractivity contribution in [3.05, 3.63) is 70.9 Å². The van der Waals surface area contributed by atoms with Crippen LogP contribution in [0.1, 0.15) is 54.4 Å². The molecule has 0 aliphatic carbocycles. The first-order valence-electron chi connectivity index (χ1n) is 15.6. The highest BCUT2D eigenvalue weighted by Crippen LogP contribution is 2.36. The fourth-order valence-corrected chi connectivity index (χ4v) is 6.62. The number of aromatic nitrogens is 1. The molecular formula is C33H39F6N5O2. The summed E-state index contributed by atoms with van der Waals surface area (Å²) in [5, 5.41) is 3.66. The van der Waals surface area contributed by atoms with Gasteiger partial charge in [-0.05, 0) is 74.2 Å². The number of fused-ring (bicyclic) bond motifs is 1. The number of nitrogens with zero attached hydrogens (tertiary/aromatic N) is 3. The highest BCUT2D eigenvalue weighted by Gasteiger charge is 2.37. The second-order valence-electron chi connectivity index (χ2n) is 12.4. The first-order valence-corrected chi connectivity index (χ1v) is 15.6. The number of hydrogen-bond acceptors (Lipinski definition) is 4. The largest absolute Gasteiger partial charge is 0.416 e. The molecule has 0 saturated carbocycles. The summed E-state index contributed by atoms with van der Waals surface area (Å²) in [7, 11) is 1.30. The van der Waals surface area contributed by atoms with Crippen LogP contribution in [0.4, 0.5) is 26.3 Å². The van der Waals surface area contributed by atoms with Crippen molar-refractivity contribution in [1.29, 1.82) is 0 Å². The van der Waals surface area contributed by atoms with Crippen LogP contribution in [0.5, 0.6) is 0 Å². The van der Waals surface area contributed by atoms with Crippen molar-refractivity contribution in [3.63, 3.8) is 0 Å². The van der Waals surface area contributed by atoms with Gasteiger partial charge in [-0.15, -0.1) is 0 Å². The minimum atomic E-state index is -5.01. The molecule has 2 fully saturated rings. The summed E-state index contributed by atoms with van der Waals surface area (Å²) in [6.07, 6.45) is -2.64. The maximum Gasteiger partial charge on any atom is 0.416 e. The molecule has 0 bridgehead atoms. The highest BCUT2D eigenvalue weighted by atomic mass is 19.4. The van der Waals surface area contributed by atoms with Crippen molar-refractivity contribution in [3.8, 4) is 0 Å². The number of H-pyrrole nitrogens is 1. The lowest BCUT2D eigenvalue weighted by Gasteiger charge is -2.40. The maximum atomic E-state index is 13.8. The van der Waals surface area contributed by atoms with E-state index < -0.39 is 42.0 Å². The van der Waals surface area contributed by atoms with Crippen LogP contribution in [-0.4, -0.2) is 83.4 Å². The minimum absolute atomic E-state index is 0.0562. The van der Waals surface area contributed by atoms with E-state index in [1.165, 1.54) is 26.3 Å². The van der Waals surface area contributed by atoms with Gasteiger partial charge in [0.2, 0.25) is 11.8 Å². The second-order valence-corrected chi connectivity index (χ2v) is 12.4. The van der Waals surface area contributed by atoms with E-state index in [1.54, 1.807) is 6.20 Å². The Labute approximate surface area is 263 Å². The molecule has 2 amide bonds. The maximum absolute atomic E-state index is 13.8.